The topological polar surface area (TPSA) is 72.4 Å². The molecule has 0 bridgehead atoms. The molecule has 0 spiro atoms. The Morgan fingerprint density at radius 1 is 1.35 bits per heavy atom. The molecule has 17 heavy (non-hydrogen) atoms. The van der Waals surface area contributed by atoms with Gasteiger partial charge in [0, 0.05) is 5.56 Å². The highest BCUT2D eigenvalue weighted by atomic mass is 16.5. The van der Waals surface area contributed by atoms with Gasteiger partial charge in [-0.25, -0.2) is 14.3 Å². The molecule has 0 radical (unpaired) electrons. The van der Waals surface area contributed by atoms with Crippen molar-refractivity contribution in [2.75, 3.05) is 0 Å². The van der Waals surface area contributed by atoms with Crippen LogP contribution < -0.4 is 5.63 Å². The molecule has 88 valence electrons. The van der Waals surface area contributed by atoms with Crippen LogP contribution in [0.3, 0.4) is 0 Å². The van der Waals surface area contributed by atoms with Crippen LogP contribution in [0.5, 0.6) is 0 Å². The van der Waals surface area contributed by atoms with Gasteiger partial charge in [-0.15, -0.1) is 0 Å². The molecule has 0 saturated carbocycles. The smallest absolute Gasteiger partial charge is 0.372 e. The molecule has 5 heteroatoms. The highest BCUT2D eigenvalue weighted by Crippen LogP contribution is 2.22. The number of rotatable bonds is 3. The summed E-state index contributed by atoms with van der Waals surface area (Å²) < 4.78 is 6.18. The van der Waals surface area contributed by atoms with E-state index >= 15 is 0 Å². The lowest BCUT2D eigenvalue weighted by molar-refractivity contribution is 0.0695. The third kappa shape index (κ3) is 1.87. The molecule has 1 aromatic heterocycles. The maximum atomic E-state index is 11.5. The Hall–Kier alpha value is -2.30. The number of hydrogen-bond acceptors (Lipinski definition) is 3. The van der Waals surface area contributed by atoms with Gasteiger partial charge in [0.15, 0.2) is 5.56 Å². The largest absolute Gasteiger partial charge is 0.477 e. The molecule has 1 aromatic carbocycles. The fourth-order valence-electron chi connectivity index (χ4n) is 1.71. The Labute approximate surface area is 96.9 Å². The van der Waals surface area contributed by atoms with Gasteiger partial charge in [-0.2, -0.15) is 0 Å². The van der Waals surface area contributed by atoms with E-state index in [0.717, 1.165) is 0 Å². The first-order valence-corrected chi connectivity index (χ1v) is 5.18. The second-order valence-electron chi connectivity index (χ2n) is 3.47. The Morgan fingerprint density at radius 2 is 2.00 bits per heavy atom. The van der Waals surface area contributed by atoms with Gasteiger partial charge in [0.05, 0.1) is 6.54 Å². The molecule has 0 aliphatic rings. The second kappa shape index (κ2) is 4.29. The number of aryl methyl sites for hydroxylation is 1. The molecule has 0 saturated heterocycles. The maximum absolute atomic E-state index is 11.5. The molecule has 0 fully saturated rings. The summed E-state index contributed by atoms with van der Waals surface area (Å²) in [5.74, 6) is -1.27. The predicted octanol–water partition coefficient (Wildman–Crippen LogP) is 1.83. The van der Waals surface area contributed by atoms with E-state index < -0.39 is 11.6 Å². The van der Waals surface area contributed by atoms with Gasteiger partial charge in [-0.3, -0.25) is 0 Å². The van der Waals surface area contributed by atoms with Gasteiger partial charge in [-0.1, -0.05) is 30.3 Å². The number of carbonyl (C=O) groups is 1. The molecular formula is C12H11NO4. The van der Waals surface area contributed by atoms with Crippen LogP contribution >= 0.6 is 0 Å². The standard InChI is InChI=1S/C12H11NO4/c1-2-13-10(8-6-4-3-5-7-8)9(11(14)15)12(16)17-13/h3-7H,2H2,1H3,(H,14,15). The summed E-state index contributed by atoms with van der Waals surface area (Å²) in [6.45, 7) is 2.17. The minimum Gasteiger partial charge on any atom is -0.477 e. The lowest BCUT2D eigenvalue weighted by Gasteiger charge is -2.04. The summed E-state index contributed by atoms with van der Waals surface area (Å²) in [4.78, 5) is 22.5. The lowest BCUT2D eigenvalue weighted by Crippen LogP contribution is -2.09. The summed E-state index contributed by atoms with van der Waals surface area (Å²) in [6, 6.07) is 8.85. The summed E-state index contributed by atoms with van der Waals surface area (Å²) in [6.07, 6.45) is 0. The van der Waals surface area contributed by atoms with Crippen LogP contribution in [-0.2, 0) is 6.54 Å². The third-order valence-corrected chi connectivity index (χ3v) is 2.43. The monoisotopic (exact) mass is 233 g/mol. The average molecular weight is 233 g/mol. The van der Waals surface area contributed by atoms with E-state index in [2.05, 4.69) is 0 Å². The summed E-state index contributed by atoms with van der Waals surface area (Å²) in [7, 11) is 0. The minimum atomic E-state index is -1.27. The number of carboxylic acids is 1. The molecule has 5 nitrogen and oxygen atoms in total. The molecule has 0 amide bonds. The fourth-order valence-corrected chi connectivity index (χ4v) is 1.71. The Kier molecular flexibility index (Phi) is 2.82. The normalized spacial score (nSPS) is 10.4. The number of hydrogen-bond donors (Lipinski definition) is 1. The molecule has 2 aromatic rings. The van der Waals surface area contributed by atoms with Gasteiger partial charge in [-0.05, 0) is 6.92 Å². The Morgan fingerprint density at radius 3 is 2.53 bits per heavy atom. The fraction of sp³-hybridized carbons (Fsp3) is 0.167. The second-order valence-corrected chi connectivity index (χ2v) is 3.47. The van der Waals surface area contributed by atoms with E-state index in [1.807, 2.05) is 6.07 Å². The third-order valence-electron chi connectivity index (χ3n) is 2.43. The number of aromatic carboxylic acids is 1. The van der Waals surface area contributed by atoms with E-state index in [1.165, 1.54) is 4.74 Å². The molecule has 2 rings (SSSR count). The summed E-state index contributed by atoms with van der Waals surface area (Å²) >= 11 is 0. The number of benzene rings is 1. The van der Waals surface area contributed by atoms with Gasteiger partial charge < -0.3 is 9.63 Å². The summed E-state index contributed by atoms with van der Waals surface area (Å²) in [5.41, 5.74) is -0.181. The molecule has 0 unspecified atom stereocenters. The Balaban J connectivity index is 2.75. The van der Waals surface area contributed by atoms with Crippen molar-refractivity contribution >= 4 is 5.97 Å². The predicted molar refractivity (Wildman–Crippen MR) is 61.0 cm³/mol. The van der Waals surface area contributed by atoms with Crippen LogP contribution in [-0.4, -0.2) is 15.8 Å². The van der Waals surface area contributed by atoms with Crippen molar-refractivity contribution in [3.05, 3.63) is 46.3 Å². The minimum absolute atomic E-state index is 0.311. The van der Waals surface area contributed by atoms with E-state index in [0.29, 0.717) is 17.8 Å². The highest BCUT2D eigenvalue weighted by molar-refractivity contribution is 5.94. The van der Waals surface area contributed by atoms with Crippen molar-refractivity contribution in [1.29, 1.82) is 0 Å². The zero-order valence-corrected chi connectivity index (χ0v) is 9.21. The van der Waals surface area contributed by atoms with E-state index in [1.54, 1.807) is 31.2 Å². The molecular weight excluding hydrogens is 222 g/mol. The van der Waals surface area contributed by atoms with Crippen LogP contribution in [0.2, 0.25) is 0 Å². The number of carboxylic acid groups (broad SMARTS) is 1. The average Bonchev–Trinajstić information content (AvgIpc) is 2.67. The molecule has 0 aliphatic heterocycles. The van der Waals surface area contributed by atoms with Crippen molar-refractivity contribution in [3.63, 3.8) is 0 Å². The molecule has 0 aliphatic carbocycles. The van der Waals surface area contributed by atoms with Crippen molar-refractivity contribution in [2.24, 2.45) is 0 Å². The van der Waals surface area contributed by atoms with Crippen molar-refractivity contribution < 1.29 is 14.4 Å². The SMILES string of the molecule is CCn1oc(=O)c(C(=O)O)c1-c1ccccc1. The zero-order chi connectivity index (χ0) is 12.4. The van der Waals surface area contributed by atoms with Gasteiger partial charge in [0.2, 0.25) is 0 Å². The van der Waals surface area contributed by atoms with Crippen molar-refractivity contribution in [1.82, 2.24) is 4.74 Å². The van der Waals surface area contributed by atoms with Crippen LogP contribution in [0.25, 0.3) is 11.3 Å². The quantitative estimate of drug-likeness (QED) is 0.877. The molecule has 1 heterocycles. The van der Waals surface area contributed by atoms with Crippen LogP contribution in [0, 0.1) is 0 Å². The number of aromatic nitrogens is 1. The van der Waals surface area contributed by atoms with Crippen LogP contribution in [0.4, 0.5) is 0 Å². The van der Waals surface area contributed by atoms with Gasteiger partial charge in [0.1, 0.15) is 5.69 Å². The Bertz CT molecular complexity index is 595. The number of nitrogens with zero attached hydrogens (tertiary/aromatic N) is 1. The van der Waals surface area contributed by atoms with E-state index in [-0.39, 0.29) is 5.56 Å². The first kappa shape index (κ1) is 11.2. The lowest BCUT2D eigenvalue weighted by atomic mass is 10.1. The van der Waals surface area contributed by atoms with Crippen molar-refractivity contribution in [3.8, 4) is 11.3 Å². The first-order valence-electron chi connectivity index (χ1n) is 5.18. The van der Waals surface area contributed by atoms with Crippen molar-refractivity contribution in [2.45, 2.75) is 13.5 Å². The maximum Gasteiger partial charge on any atom is 0.372 e. The highest BCUT2D eigenvalue weighted by Gasteiger charge is 2.23. The first-order chi connectivity index (χ1) is 8.15. The summed E-state index contributed by atoms with van der Waals surface area (Å²) in [5, 5.41) is 9.04. The van der Waals surface area contributed by atoms with Crippen LogP contribution in [0.15, 0.2) is 39.6 Å². The van der Waals surface area contributed by atoms with Gasteiger partial charge in [0.25, 0.3) is 0 Å². The van der Waals surface area contributed by atoms with Gasteiger partial charge >= 0.3 is 11.6 Å². The van der Waals surface area contributed by atoms with E-state index in [4.69, 9.17) is 9.63 Å². The zero-order valence-electron chi connectivity index (χ0n) is 9.21. The molecule has 0 atom stereocenters. The van der Waals surface area contributed by atoms with Crippen LogP contribution in [0.1, 0.15) is 17.3 Å². The molecule has 1 N–H and O–H groups in total. The van der Waals surface area contributed by atoms with E-state index in [9.17, 15) is 9.59 Å².